The molecule has 0 amide bonds. The van der Waals surface area contributed by atoms with Crippen LogP contribution in [0.25, 0.3) is 0 Å². The van der Waals surface area contributed by atoms with Crippen LogP contribution in [0.3, 0.4) is 0 Å². The zero-order valence-electron chi connectivity index (χ0n) is 9.74. The van der Waals surface area contributed by atoms with E-state index in [2.05, 4.69) is 23.1 Å². The Morgan fingerprint density at radius 3 is 3.06 bits per heavy atom. The summed E-state index contributed by atoms with van der Waals surface area (Å²) in [6.07, 6.45) is 5.03. The molecule has 2 rings (SSSR count). The van der Waals surface area contributed by atoms with Gasteiger partial charge in [-0.25, -0.2) is 0 Å². The van der Waals surface area contributed by atoms with E-state index < -0.39 is 0 Å². The van der Waals surface area contributed by atoms with Crippen molar-refractivity contribution in [3.05, 3.63) is 21.9 Å². The minimum absolute atomic E-state index is 0.274. The molecule has 0 aromatic carbocycles. The van der Waals surface area contributed by atoms with Crippen LogP contribution in [-0.2, 0) is 4.74 Å². The van der Waals surface area contributed by atoms with Crippen LogP contribution in [0.2, 0.25) is 0 Å². The largest absolute Gasteiger partial charge is 0.378 e. The number of hydrazine groups is 1. The first-order valence-corrected chi connectivity index (χ1v) is 6.86. The molecular weight excluding hydrogens is 220 g/mol. The summed E-state index contributed by atoms with van der Waals surface area (Å²) in [5.74, 6) is 5.63. The molecule has 0 spiro atoms. The van der Waals surface area contributed by atoms with Gasteiger partial charge in [-0.1, -0.05) is 0 Å². The minimum Gasteiger partial charge on any atom is -0.378 e. The monoisotopic (exact) mass is 240 g/mol. The molecular formula is C12H20N2OS. The second-order valence-corrected chi connectivity index (χ2v) is 5.19. The van der Waals surface area contributed by atoms with Crippen LogP contribution in [0.5, 0.6) is 0 Å². The molecule has 1 aliphatic rings. The molecule has 2 heterocycles. The Labute approximate surface area is 101 Å². The molecule has 0 aliphatic carbocycles. The molecule has 3 nitrogen and oxygen atoms in total. The molecule has 2 unspecified atom stereocenters. The van der Waals surface area contributed by atoms with E-state index in [-0.39, 0.29) is 6.04 Å². The predicted molar refractivity (Wildman–Crippen MR) is 67.3 cm³/mol. The van der Waals surface area contributed by atoms with E-state index in [4.69, 9.17) is 10.6 Å². The van der Waals surface area contributed by atoms with Gasteiger partial charge in [0.15, 0.2) is 0 Å². The third-order valence-corrected chi connectivity index (χ3v) is 4.15. The summed E-state index contributed by atoms with van der Waals surface area (Å²) in [5, 5.41) is 4.36. The van der Waals surface area contributed by atoms with Crippen LogP contribution in [0.15, 0.2) is 10.8 Å². The lowest BCUT2D eigenvalue weighted by atomic mass is 10.00. The van der Waals surface area contributed by atoms with Crippen LogP contribution < -0.4 is 11.3 Å². The molecule has 1 aliphatic heterocycles. The average Bonchev–Trinajstić information content (AvgIpc) is 2.92. The molecule has 1 aromatic heterocycles. The molecule has 0 radical (unpaired) electrons. The Hall–Kier alpha value is -0.420. The van der Waals surface area contributed by atoms with Crippen molar-refractivity contribution in [1.82, 2.24) is 5.43 Å². The first kappa shape index (κ1) is 12.0. The Balaban J connectivity index is 1.88. The van der Waals surface area contributed by atoms with Crippen molar-refractivity contribution in [2.24, 2.45) is 5.84 Å². The van der Waals surface area contributed by atoms with Crippen molar-refractivity contribution < 1.29 is 4.74 Å². The smallest absolute Gasteiger partial charge is 0.0576 e. The van der Waals surface area contributed by atoms with E-state index in [0.29, 0.717) is 6.10 Å². The average molecular weight is 240 g/mol. The number of nitrogens with two attached hydrogens (primary N) is 1. The van der Waals surface area contributed by atoms with Gasteiger partial charge in [-0.2, -0.15) is 11.3 Å². The minimum atomic E-state index is 0.274. The quantitative estimate of drug-likeness (QED) is 0.614. The van der Waals surface area contributed by atoms with Crippen molar-refractivity contribution in [2.75, 3.05) is 6.61 Å². The van der Waals surface area contributed by atoms with Gasteiger partial charge in [-0.3, -0.25) is 11.3 Å². The number of aryl methyl sites for hydroxylation is 1. The van der Waals surface area contributed by atoms with E-state index >= 15 is 0 Å². The van der Waals surface area contributed by atoms with E-state index in [1.807, 2.05) is 0 Å². The molecule has 3 N–H and O–H groups in total. The highest BCUT2D eigenvalue weighted by atomic mass is 32.1. The van der Waals surface area contributed by atoms with Gasteiger partial charge in [0.05, 0.1) is 6.10 Å². The first-order chi connectivity index (χ1) is 7.81. The zero-order chi connectivity index (χ0) is 11.4. The normalized spacial score (nSPS) is 22.5. The van der Waals surface area contributed by atoms with Crippen LogP contribution in [0.1, 0.15) is 42.9 Å². The van der Waals surface area contributed by atoms with Crippen molar-refractivity contribution in [2.45, 2.75) is 44.8 Å². The fraction of sp³-hybridized carbons (Fsp3) is 0.667. The Bertz CT molecular complexity index is 321. The van der Waals surface area contributed by atoms with Gasteiger partial charge in [-0.15, -0.1) is 0 Å². The molecule has 1 fully saturated rings. The lowest BCUT2D eigenvalue weighted by Crippen LogP contribution is -2.29. The summed E-state index contributed by atoms with van der Waals surface area (Å²) in [7, 11) is 0. The summed E-state index contributed by atoms with van der Waals surface area (Å²) in [6, 6.07) is 0.274. The van der Waals surface area contributed by atoms with E-state index in [1.165, 1.54) is 24.0 Å². The van der Waals surface area contributed by atoms with Gasteiger partial charge in [-0.05, 0) is 54.5 Å². The van der Waals surface area contributed by atoms with Gasteiger partial charge in [0, 0.05) is 12.6 Å². The van der Waals surface area contributed by atoms with Crippen LogP contribution in [0, 0.1) is 6.92 Å². The van der Waals surface area contributed by atoms with E-state index in [0.717, 1.165) is 19.4 Å². The number of nitrogens with one attached hydrogen (secondary N) is 1. The summed E-state index contributed by atoms with van der Waals surface area (Å²) >= 11 is 1.74. The lowest BCUT2D eigenvalue weighted by Gasteiger charge is -2.18. The SMILES string of the molecule is Cc1cscc1C(CCC1CCCO1)NN. The van der Waals surface area contributed by atoms with Crippen molar-refractivity contribution in [1.29, 1.82) is 0 Å². The third-order valence-electron chi connectivity index (χ3n) is 3.27. The first-order valence-electron chi connectivity index (χ1n) is 5.91. The topological polar surface area (TPSA) is 47.3 Å². The molecule has 16 heavy (non-hydrogen) atoms. The number of hydrogen-bond donors (Lipinski definition) is 2. The fourth-order valence-electron chi connectivity index (χ4n) is 2.28. The second-order valence-electron chi connectivity index (χ2n) is 4.44. The lowest BCUT2D eigenvalue weighted by molar-refractivity contribution is 0.0996. The van der Waals surface area contributed by atoms with Gasteiger partial charge < -0.3 is 4.74 Å². The van der Waals surface area contributed by atoms with Gasteiger partial charge >= 0.3 is 0 Å². The van der Waals surface area contributed by atoms with Gasteiger partial charge in [0.2, 0.25) is 0 Å². The Morgan fingerprint density at radius 2 is 2.50 bits per heavy atom. The summed E-state index contributed by atoms with van der Waals surface area (Å²) in [6.45, 7) is 3.07. The molecule has 1 aromatic rings. The molecule has 90 valence electrons. The molecule has 0 saturated carbocycles. The predicted octanol–water partition coefficient (Wildman–Crippen LogP) is 2.52. The van der Waals surface area contributed by atoms with Crippen molar-refractivity contribution >= 4 is 11.3 Å². The number of ether oxygens (including phenoxy) is 1. The maximum Gasteiger partial charge on any atom is 0.0576 e. The summed E-state index contributed by atoms with van der Waals surface area (Å²) < 4.78 is 5.63. The third kappa shape index (κ3) is 2.83. The van der Waals surface area contributed by atoms with Crippen molar-refractivity contribution in [3.63, 3.8) is 0 Å². The van der Waals surface area contributed by atoms with E-state index in [1.54, 1.807) is 11.3 Å². The highest BCUT2D eigenvalue weighted by Gasteiger charge is 2.19. The van der Waals surface area contributed by atoms with Gasteiger partial charge in [0.25, 0.3) is 0 Å². The number of hydrogen-bond acceptors (Lipinski definition) is 4. The summed E-state index contributed by atoms with van der Waals surface area (Å²) in [5.41, 5.74) is 5.59. The van der Waals surface area contributed by atoms with Crippen LogP contribution in [-0.4, -0.2) is 12.7 Å². The Morgan fingerprint density at radius 1 is 1.62 bits per heavy atom. The van der Waals surface area contributed by atoms with Crippen molar-refractivity contribution in [3.8, 4) is 0 Å². The molecule has 0 bridgehead atoms. The number of rotatable bonds is 5. The molecule has 2 atom stereocenters. The maximum absolute atomic E-state index is 5.63. The second kappa shape index (κ2) is 5.77. The number of thiophene rings is 1. The highest BCUT2D eigenvalue weighted by molar-refractivity contribution is 7.08. The van der Waals surface area contributed by atoms with Crippen LogP contribution in [0.4, 0.5) is 0 Å². The summed E-state index contributed by atoms with van der Waals surface area (Å²) in [4.78, 5) is 0. The van der Waals surface area contributed by atoms with Gasteiger partial charge in [0.1, 0.15) is 0 Å². The van der Waals surface area contributed by atoms with E-state index in [9.17, 15) is 0 Å². The zero-order valence-corrected chi connectivity index (χ0v) is 10.6. The van der Waals surface area contributed by atoms with Crippen LogP contribution >= 0.6 is 11.3 Å². The molecule has 4 heteroatoms. The fourth-order valence-corrected chi connectivity index (χ4v) is 3.19. The highest BCUT2D eigenvalue weighted by Crippen LogP contribution is 2.27. The molecule has 1 saturated heterocycles. The standard InChI is InChI=1S/C12H20N2OS/c1-9-7-16-8-11(9)12(14-13)5-4-10-3-2-6-15-10/h7-8,10,12,14H,2-6,13H2,1H3. The Kier molecular flexibility index (Phi) is 4.35. The maximum atomic E-state index is 5.63.